The first-order valence-electron chi connectivity index (χ1n) is 7.25. The smallest absolute Gasteiger partial charge is 0.00541 e. The Morgan fingerprint density at radius 1 is 1.17 bits per heavy atom. The standard InChI is InChI=1S/C16H24N2/c1-12-7-14(12)9-18-10-15(8-17)16(11-18)13-5-3-2-4-6-13/h2-6,12,14-16H,7-11,17H2,1H3/t12?,14?,15-,16+/m1/s1. The van der Waals surface area contributed by atoms with E-state index in [1.807, 2.05) is 0 Å². The van der Waals surface area contributed by atoms with Crippen molar-refractivity contribution < 1.29 is 0 Å². The summed E-state index contributed by atoms with van der Waals surface area (Å²) in [5.74, 6) is 3.20. The number of nitrogens with zero attached hydrogens (tertiary/aromatic N) is 1. The molecule has 1 aliphatic carbocycles. The van der Waals surface area contributed by atoms with Gasteiger partial charge in [0.05, 0.1) is 0 Å². The van der Waals surface area contributed by atoms with Gasteiger partial charge in [0.2, 0.25) is 0 Å². The molecule has 1 aromatic rings. The summed E-state index contributed by atoms with van der Waals surface area (Å²) in [6.07, 6.45) is 1.43. The monoisotopic (exact) mass is 244 g/mol. The fourth-order valence-corrected chi connectivity index (χ4v) is 3.41. The lowest BCUT2D eigenvalue weighted by Gasteiger charge is -2.16. The van der Waals surface area contributed by atoms with Crippen LogP contribution in [0.25, 0.3) is 0 Å². The molecule has 0 aromatic heterocycles. The molecule has 0 radical (unpaired) electrons. The van der Waals surface area contributed by atoms with Crippen LogP contribution in [-0.2, 0) is 0 Å². The van der Waals surface area contributed by atoms with Gasteiger partial charge in [0.15, 0.2) is 0 Å². The number of nitrogens with two attached hydrogens (primary N) is 1. The van der Waals surface area contributed by atoms with E-state index in [-0.39, 0.29) is 0 Å². The molecule has 98 valence electrons. The molecule has 2 aliphatic rings. The first-order valence-corrected chi connectivity index (χ1v) is 7.25. The molecule has 2 unspecified atom stereocenters. The third-order valence-corrected chi connectivity index (χ3v) is 4.82. The van der Waals surface area contributed by atoms with Crippen LogP contribution in [0.1, 0.15) is 24.8 Å². The van der Waals surface area contributed by atoms with Crippen molar-refractivity contribution in [3.8, 4) is 0 Å². The summed E-state index contributed by atoms with van der Waals surface area (Å²) < 4.78 is 0. The molecule has 0 bridgehead atoms. The van der Waals surface area contributed by atoms with Gasteiger partial charge in [0.25, 0.3) is 0 Å². The highest BCUT2D eigenvalue weighted by atomic mass is 15.2. The molecule has 2 nitrogen and oxygen atoms in total. The van der Waals surface area contributed by atoms with Gasteiger partial charge in [-0.25, -0.2) is 0 Å². The first kappa shape index (κ1) is 12.2. The second kappa shape index (κ2) is 5.02. The Bertz CT molecular complexity index is 389. The molecule has 1 heterocycles. The molecule has 1 saturated carbocycles. The van der Waals surface area contributed by atoms with E-state index >= 15 is 0 Å². The van der Waals surface area contributed by atoms with E-state index in [0.717, 1.165) is 18.4 Å². The predicted octanol–water partition coefficient (Wildman–Crippen LogP) is 2.32. The Labute approximate surface area is 110 Å². The quantitative estimate of drug-likeness (QED) is 0.880. The lowest BCUT2D eigenvalue weighted by atomic mass is 9.89. The van der Waals surface area contributed by atoms with Gasteiger partial charge in [-0.05, 0) is 36.3 Å². The average Bonchev–Trinajstić information content (AvgIpc) is 2.92. The molecule has 2 heteroatoms. The fourth-order valence-electron chi connectivity index (χ4n) is 3.41. The summed E-state index contributed by atoms with van der Waals surface area (Å²) in [6.45, 7) is 6.88. The predicted molar refractivity (Wildman–Crippen MR) is 75.4 cm³/mol. The van der Waals surface area contributed by atoms with Crippen LogP contribution >= 0.6 is 0 Å². The molecular weight excluding hydrogens is 220 g/mol. The van der Waals surface area contributed by atoms with E-state index in [4.69, 9.17) is 5.73 Å². The van der Waals surface area contributed by atoms with Crippen LogP contribution in [0.5, 0.6) is 0 Å². The van der Waals surface area contributed by atoms with Crippen LogP contribution in [0.4, 0.5) is 0 Å². The summed E-state index contributed by atoms with van der Waals surface area (Å²) in [7, 11) is 0. The van der Waals surface area contributed by atoms with Crippen LogP contribution in [-0.4, -0.2) is 31.1 Å². The summed E-state index contributed by atoms with van der Waals surface area (Å²) in [5.41, 5.74) is 7.44. The van der Waals surface area contributed by atoms with Crippen LogP contribution in [0.3, 0.4) is 0 Å². The maximum Gasteiger partial charge on any atom is 0.00541 e. The molecule has 18 heavy (non-hydrogen) atoms. The number of hydrogen-bond donors (Lipinski definition) is 1. The molecule has 1 aromatic carbocycles. The minimum atomic E-state index is 0.640. The minimum absolute atomic E-state index is 0.640. The maximum absolute atomic E-state index is 5.97. The Morgan fingerprint density at radius 2 is 1.89 bits per heavy atom. The molecule has 1 saturated heterocycles. The number of benzene rings is 1. The van der Waals surface area contributed by atoms with E-state index in [2.05, 4.69) is 42.2 Å². The molecule has 0 amide bonds. The summed E-state index contributed by atoms with van der Waals surface area (Å²) in [4.78, 5) is 2.64. The lowest BCUT2D eigenvalue weighted by molar-refractivity contribution is 0.306. The molecule has 2 fully saturated rings. The van der Waals surface area contributed by atoms with Crippen molar-refractivity contribution in [3.05, 3.63) is 35.9 Å². The van der Waals surface area contributed by atoms with Crippen molar-refractivity contribution in [3.63, 3.8) is 0 Å². The molecule has 0 spiro atoms. The van der Waals surface area contributed by atoms with Crippen LogP contribution in [0.15, 0.2) is 30.3 Å². The summed E-state index contributed by atoms with van der Waals surface area (Å²) in [6, 6.07) is 10.9. The van der Waals surface area contributed by atoms with Gasteiger partial charge in [0, 0.05) is 25.6 Å². The van der Waals surface area contributed by atoms with Crippen molar-refractivity contribution in [1.29, 1.82) is 0 Å². The number of likely N-dealkylation sites (tertiary alicyclic amines) is 1. The highest BCUT2D eigenvalue weighted by molar-refractivity contribution is 5.22. The number of hydrogen-bond acceptors (Lipinski definition) is 2. The van der Waals surface area contributed by atoms with Gasteiger partial charge in [-0.15, -0.1) is 0 Å². The van der Waals surface area contributed by atoms with E-state index in [0.29, 0.717) is 11.8 Å². The topological polar surface area (TPSA) is 29.3 Å². The lowest BCUT2D eigenvalue weighted by Crippen LogP contribution is -2.25. The zero-order valence-electron chi connectivity index (χ0n) is 11.3. The Hall–Kier alpha value is -0.860. The van der Waals surface area contributed by atoms with Crippen molar-refractivity contribution >= 4 is 0 Å². The highest BCUT2D eigenvalue weighted by Crippen LogP contribution is 2.40. The van der Waals surface area contributed by atoms with Crippen molar-refractivity contribution in [2.45, 2.75) is 19.3 Å². The second-order valence-electron chi connectivity index (χ2n) is 6.20. The molecule has 3 rings (SSSR count). The van der Waals surface area contributed by atoms with E-state index in [1.54, 1.807) is 0 Å². The normalized spacial score (nSPS) is 35.9. The Morgan fingerprint density at radius 3 is 2.50 bits per heavy atom. The average molecular weight is 244 g/mol. The minimum Gasteiger partial charge on any atom is -0.330 e. The maximum atomic E-state index is 5.97. The third kappa shape index (κ3) is 2.45. The molecular formula is C16H24N2. The van der Waals surface area contributed by atoms with Crippen molar-refractivity contribution in [2.24, 2.45) is 23.5 Å². The van der Waals surface area contributed by atoms with Crippen molar-refractivity contribution in [1.82, 2.24) is 4.90 Å². The van der Waals surface area contributed by atoms with Crippen LogP contribution in [0.2, 0.25) is 0 Å². The van der Waals surface area contributed by atoms with E-state index in [9.17, 15) is 0 Å². The Balaban J connectivity index is 1.66. The first-order chi connectivity index (χ1) is 8.78. The zero-order chi connectivity index (χ0) is 12.5. The zero-order valence-corrected chi connectivity index (χ0v) is 11.3. The van der Waals surface area contributed by atoms with E-state index < -0.39 is 0 Å². The van der Waals surface area contributed by atoms with Crippen LogP contribution < -0.4 is 5.73 Å². The fraction of sp³-hybridized carbons (Fsp3) is 0.625. The summed E-state index contributed by atoms with van der Waals surface area (Å²) in [5, 5.41) is 0. The van der Waals surface area contributed by atoms with Gasteiger partial charge in [-0.2, -0.15) is 0 Å². The van der Waals surface area contributed by atoms with Crippen LogP contribution in [0, 0.1) is 17.8 Å². The molecule has 2 N–H and O–H groups in total. The summed E-state index contributed by atoms with van der Waals surface area (Å²) >= 11 is 0. The van der Waals surface area contributed by atoms with Crippen molar-refractivity contribution in [2.75, 3.05) is 26.2 Å². The number of rotatable bonds is 4. The van der Waals surface area contributed by atoms with Gasteiger partial charge in [0.1, 0.15) is 0 Å². The van der Waals surface area contributed by atoms with E-state index in [1.165, 1.54) is 31.6 Å². The third-order valence-electron chi connectivity index (χ3n) is 4.82. The Kier molecular flexibility index (Phi) is 3.40. The molecule has 4 atom stereocenters. The van der Waals surface area contributed by atoms with Gasteiger partial charge >= 0.3 is 0 Å². The highest BCUT2D eigenvalue weighted by Gasteiger charge is 2.38. The molecule has 1 aliphatic heterocycles. The second-order valence-corrected chi connectivity index (χ2v) is 6.20. The van der Waals surface area contributed by atoms with Gasteiger partial charge < -0.3 is 10.6 Å². The van der Waals surface area contributed by atoms with Gasteiger partial charge in [-0.1, -0.05) is 37.3 Å². The largest absolute Gasteiger partial charge is 0.330 e. The van der Waals surface area contributed by atoms with Gasteiger partial charge in [-0.3, -0.25) is 0 Å². The SMILES string of the molecule is CC1CC1CN1C[C@@H](CN)[C@H](c2ccccc2)C1.